The lowest BCUT2D eigenvalue weighted by molar-refractivity contribution is -0.0963. The van der Waals surface area contributed by atoms with Gasteiger partial charge in [-0.05, 0) is 6.42 Å². The fourth-order valence-corrected chi connectivity index (χ4v) is 2.59. The van der Waals surface area contributed by atoms with Crippen LogP contribution in [-0.2, 0) is 9.47 Å². The molecule has 0 aromatic carbocycles. The molecule has 0 saturated carbocycles. The van der Waals surface area contributed by atoms with Crippen LogP contribution in [0.3, 0.4) is 0 Å². The highest BCUT2D eigenvalue weighted by molar-refractivity contribution is 5.06. The molecule has 2 unspecified atom stereocenters. The van der Waals surface area contributed by atoms with Crippen molar-refractivity contribution in [2.24, 2.45) is 0 Å². The molecule has 2 aliphatic heterocycles. The smallest absolute Gasteiger partial charge is 0.252 e. The highest BCUT2D eigenvalue weighted by atomic mass is 16.6. The Morgan fingerprint density at radius 3 is 3.18 bits per heavy atom. The minimum atomic E-state index is -0.137. The van der Waals surface area contributed by atoms with Gasteiger partial charge in [-0.3, -0.25) is 0 Å². The number of aromatic nitrogens is 3. The van der Waals surface area contributed by atoms with E-state index in [1.165, 1.54) is 0 Å². The zero-order valence-electron chi connectivity index (χ0n) is 9.50. The van der Waals surface area contributed by atoms with Crippen molar-refractivity contribution in [3.05, 3.63) is 12.2 Å². The summed E-state index contributed by atoms with van der Waals surface area (Å²) in [6, 6.07) is 2.21. The van der Waals surface area contributed by atoms with Crippen LogP contribution in [0.4, 0.5) is 0 Å². The van der Waals surface area contributed by atoms with E-state index in [0.29, 0.717) is 6.61 Å². The number of rotatable bonds is 1. The zero-order chi connectivity index (χ0) is 11.7. The number of ether oxygens (including phenoxy) is 2. The molecule has 90 valence electrons. The monoisotopic (exact) mass is 234 g/mol. The molecule has 2 aliphatic rings. The Morgan fingerprint density at radius 1 is 1.53 bits per heavy atom. The lowest BCUT2D eigenvalue weighted by Crippen LogP contribution is -2.41. The first kappa shape index (κ1) is 10.7. The van der Waals surface area contributed by atoms with E-state index in [1.54, 1.807) is 11.0 Å². The van der Waals surface area contributed by atoms with E-state index in [4.69, 9.17) is 14.7 Å². The predicted molar refractivity (Wildman–Crippen MR) is 57.1 cm³/mol. The second kappa shape index (κ2) is 4.09. The van der Waals surface area contributed by atoms with Crippen LogP contribution in [0.2, 0.25) is 0 Å². The van der Waals surface area contributed by atoms with E-state index < -0.39 is 0 Å². The van der Waals surface area contributed by atoms with Crippen molar-refractivity contribution in [3.8, 4) is 6.07 Å². The molecule has 6 nitrogen and oxygen atoms in total. The molecular formula is C11H14N4O2. The Labute approximate surface area is 99.2 Å². The van der Waals surface area contributed by atoms with Gasteiger partial charge in [-0.25, -0.2) is 9.67 Å². The summed E-state index contributed by atoms with van der Waals surface area (Å²) in [7, 11) is 0. The van der Waals surface area contributed by atoms with Gasteiger partial charge in [0.2, 0.25) is 0 Å². The van der Waals surface area contributed by atoms with E-state index >= 15 is 0 Å². The fraction of sp³-hybridized carbons (Fsp3) is 0.727. The number of nitrogens with zero attached hydrogens (tertiary/aromatic N) is 4. The van der Waals surface area contributed by atoms with Gasteiger partial charge in [-0.15, -0.1) is 5.10 Å². The number of hydrogen-bond acceptors (Lipinski definition) is 5. The van der Waals surface area contributed by atoms with Gasteiger partial charge in [0.1, 0.15) is 12.4 Å². The van der Waals surface area contributed by atoms with Gasteiger partial charge in [0.05, 0.1) is 18.2 Å². The van der Waals surface area contributed by atoms with Crippen LogP contribution >= 0.6 is 0 Å². The predicted octanol–water partition coefficient (Wildman–Crippen LogP) is 0.660. The van der Waals surface area contributed by atoms with Crippen LogP contribution < -0.4 is 0 Å². The normalized spacial score (nSPS) is 32.8. The van der Waals surface area contributed by atoms with Gasteiger partial charge < -0.3 is 9.47 Å². The molecule has 2 saturated heterocycles. The Morgan fingerprint density at radius 2 is 2.47 bits per heavy atom. The van der Waals surface area contributed by atoms with Gasteiger partial charge in [0.25, 0.3) is 5.82 Å². The lowest BCUT2D eigenvalue weighted by atomic mass is 9.90. The zero-order valence-corrected chi connectivity index (χ0v) is 9.50. The molecule has 0 radical (unpaired) electrons. The standard InChI is InChI=1S/C11H14N4O2/c12-6-10-13-8-15(14-10)9-1-3-17-11(5-9)2-4-16-7-11/h8-9H,1-5,7H2. The second-order valence-corrected chi connectivity index (χ2v) is 4.64. The first-order chi connectivity index (χ1) is 8.31. The van der Waals surface area contributed by atoms with Gasteiger partial charge in [0, 0.05) is 26.1 Å². The molecule has 1 aromatic rings. The minimum absolute atomic E-state index is 0.137. The van der Waals surface area contributed by atoms with Crippen molar-refractivity contribution in [1.29, 1.82) is 5.26 Å². The molecule has 0 amide bonds. The largest absolute Gasteiger partial charge is 0.378 e. The quantitative estimate of drug-likeness (QED) is 0.713. The number of nitriles is 1. The third-order valence-electron chi connectivity index (χ3n) is 3.52. The van der Waals surface area contributed by atoms with Gasteiger partial charge >= 0.3 is 0 Å². The maximum atomic E-state index is 8.72. The Balaban J connectivity index is 1.77. The third-order valence-corrected chi connectivity index (χ3v) is 3.52. The van der Waals surface area contributed by atoms with Crippen molar-refractivity contribution in [3.63, 3.8) is 0 Å². The molecule has 2 atom stereocenters. The minimum Gasteiger partial charge on any atom is -0.378 e. The molecule has 0 aliphatic carbocycles. The first-order valence-electron chi connectivity index (χ1n) is 5.84. The van der Waals surface area contributed by atoms with E-state index in [9.17, 15) is 0 Å². The summed E-state index contributed by atoms with van der Waals surface area (Å²) >= 11 is 0. The summed E-state index contributed by atoms with van der Waals surface area (Å²) in [5.41, 5.74) is -0.137. The average Bonchev–Trinajstić information content (AvgIpc) is 2.99. The van der Waals surface area contributed by atoms with Crippen molar-refractivity contribution in [2.45, 2.75) is 30.9 Å². The highest BCUT2D eigenvalue weighted by Crippen LogP contribution is 2.37. The van der Waals surface area contributed by atoms with E-state index in [0.717, 1.165) is 32.5 Å². The maximum Gasteiger partial charge on any atom is 0.252 e. The summed E-state index contributed by atoms with van der Waals surface area (Å²) in [5, 5.41) is 12.9. The van der Waals surface area contributed by atoms with Gasteiger partial charge in [-0.1, -0.05) is 0 Å². The molecule has 17 heavy (non-hydrogen) atoms. The fourth-order valence-electron chi connectivity index (χ4n) is 2.59. The number of hydrogen-bond donors (Lipinski definition) is 0. The summed E-state index contributed by atoms with van der Waals surface area (Å²) in [4.78, 5) is 3.94. The Kier molecular flexibility index (Phi) is 2.57. The van der Waals surface area contributed by atoms with Crippen LogP contribution in [0.5, 0.6) is 0 Å². The molecule has 0 N–H and O–H groups in total. The topological polar surface area (TPSA) is 73.0 Å². The van der Waals surface area contributed by atoms with Crippen molar-refractivity contribution in [2.75, 3.05) is 19.8 Å². The van der Waals surface area contributed by atoms with Crippen LogP contribution in [-0.4, -0.2) is 40.2 Å². The molecule has 2 fully saturated rings. The SMILES string of the molecule is N#Cc1ncn(C2CCOC3(CCOC3)C2)n1. The maximum absolute atomic E-state index is 8.72. The van der Waals surface area contributed by atoms with Crippen LogP contribution in [0, 0.1) is 11.3 Å². The summed E-state index contributed by atoms with van der Waals surface area (Å²) in [5.74, 6) is 0.230. The van der Waals surface area contributed by atoms with E-state index in [2.05, 4.69) is 10.1 Å². The molecule has 3 rings (SSSR count). The molecule has 1 aromatic heterocycles. The summed E-state index contributed by atoms with van der Waals surface area (Å²) in [6.07, 6.45) is 4.39. The first-order valence-corrected chi connectivity index (χ1v) is 5.84. The molecular weight excluding hydrogens is 220 g/mol. The molecule has 3 heterocycles. The van der Waals surface area contributed by atoms with Crippen molar-refractivity contribution in [1.82, 2.24) is 14.8 Å². The summed E-state index contributed by atoms with van der Waals surface area (Å²) < 4.78 is 13.1. The Hall–Kier alpha value is -1.45. The summed E-state index contributed by atoms with van der Waals surface area (Å²) in [6.45, 7) is 2.16. The third kappa shape index (κ3) is 1.92. The average molecular weight is 234 g/mol. The molecule has 1 spiro atoms. The van der Waals surface area contributed by atoms with Crippen LogP contribution in [0.25, 0.3) is 0 Å². The molecule has 0 bridgehead atoms. The van der Waals surface area contributed by atoms with Crippen LogP contribution in [0.1, 0.15) is 31.1 Å². The van der Waals surface area contributed by atoms with E-state index in [1.807, 2.05) is 6.07 Å². The van der Waals surface area contributed by atoms with Gasteiger partial charge in [0.15, 0.2) is 0 Å². The second-order valence-electron chi connectivity index (χ2n) is 4.64. The van der Waals surface area contributed by atoms with Gasteiger partial charge in [-0.2, -0.15) is 5.26 Å². The van der Waals surface area contributed by atoms with Crippen molar-refractivity contribution >= 4 is 0 Å². The van der Waals surface area contributed by atoms with Crippen molar-refractivity contribution < 1.29 is 9.47 Å². The highest BCUT2D eigenvalue weighted by Gasteiger charge is 2.41. The Bertz CT molecular complexity index is 445. The van der Waals surface area contributed by atoms with E-state index in [-0.39, 0.29) is 17.5 Å². The lowest BCUT2D eigenvalue weighted by Gasteiger charge is -2.36. The van der Waals surface area contributed by atoms with Crippen LogP contribution in [0.15, 0.2) is 6.33 Å². The molecule has 6 heteroatoms.